The molecule has 0 aliphatic heterocycles. The van der Waals surface area contributed by atoms with E-state index in [0.29, 0.717) is 0 Å². The summed E-state index contributed by atoms with van der Waals surface area (Å²) in [6.07, 6.45) is 9.45. The standard InChI is InChI=1S/C15H24O3S.Na/c1-2-3-4-5-6-7-8-10-14-11-9-12-15(13-14)19(16,17)18;/h9,11-13H,2-8,10H2,1H3,(H,16,17,18);/q;+1/p-1. The first-order chi connectivity index (χ1) is 9.04. The first-order valence-electron chi connectivity index (χ1n) is 7.09. The predicted octanol–water partition coefficient (Wildman–Crippen LogP) is 0.888. The fourth-order valence-corrected chi connectivity index (χ4v) is 2.68. The summed E-state index contributed by atoms with van der Waals surface area (Å²) in [5.41, 5.74) is 0.936. The average molecular weight is 306 g/mol. The molecule has 0 atom stereocenters. The summed E-state index contributed by atoms with van der Waals surface area (Å²) in [6, 6.07) is 6.38. The van der Waals surface area contributed by atoms with Crippen LogP contribution in [0.1, 0.15) is 57.4 Å². The normalized spacial score (nSPS) is 11.1. The maximum atomic E-state index is 10.9. The minimum absolute atomic E-state index is 0. The molecule has 108 valence electrons. The van der Waals surface area contributed by atoms with Crippen molar-refractivity contribution >= 4 is 10.1 Å². The Bertz CT molecular complexity index is 472. The molecule has 0 aliphatic carbocycles. The SMILES string of the molecule is CCCCCCCCCc1cccc(S(=O)(=O)[O-])c1.[Na+]. The van der Waals surface area contributed by atoms with E-state index >= 15 is 0 Å². The molecule has 0 bridgehead atoms. The first kappa shape index (κ1) is 20.1. The molecule has 1 aromatic rings. The third kappa shape index (κ3) is 8.42. The van der Waals surface area contributed by atoms with E-state index in [2.05, 4.69) is 6.92 Å². The van der Waals surface area contributed by atoms with Crippen molar-refractivity contribution in [3.05, 3.63) is 29.8 Å². The number of rotatable bonds is 9. The largest absolute Gasteiger partial charge is 1.00 e. The Morgan fingerprint density at radius 3 is 2.20 bits per heavy atom. The van der Waals surface area contributed by atoms with Gasteiger partial charge < -0.3 is 4.55 Å². The van der Waals surface area contributed by atoms with Crippen LogP contribution in [0.15, 0.2) is 29.2 Å². The van der Waals surface area contributed by atoms with Crippen LogP contribution >= 0.6 is 0 Å². The zero-order chi connectivity index (χ0) is 14.1. The van der Waals surface area contributed by atoms with Crippen LogP contribution in [-0.4, -0.2) is 13.0 Å². The van der Waals surface area contributed by atoms with E-state index in [4.69, 9.17) is 0 Å². The second kappa shape index (κ2) is 10.8. The van der Waals surface area contributed by atoms with Crippen molar-refractivity contribution in [1.29, 1.82) is 0 Å². The van der Waals surface area contributed by atoms with Gasteiger partial charge in [-0.15, -0.1) is 0 Å². The summed E-state index contributed by atoms with van der Waals surface area (Å²) < 4.78 is 32.7. The Hall–Kier alpha value is 0.130. The molecule has 1 aromatic carbocycles. The fraction of sp³-hybridized carbons (Fsp3) is 0.600. The fourth-order valence-electron chi connectivity index (χ4n) is 2.14. The third-order valence-corrected chi connectivity index (χ3v) is 4.09. The zero-order valence-corrected chi connectivity index (χ0v) is 15.4. The van der Waals surface area contributed by atoms with Crippen LogP contribution in [0.3, 0.4) is 0 Å². The Labute approximate surface area is 145 Å². The average Bonchev–Trinajstić information content (AvgIpc) is 2.37. The molecule has 0 N–H and O–H groups in total. The van der Waals surface area contributed by atoms with Gasteiger partial charge in [0, 0.05) is 0 Å². The number of hydrogen-bond acceptors (Lipinski definition) is 3. The van der Waals surface area contributed by atoms with E-state index in [9.17, 15) is 13.0 Å². The molecular weight excluding hydrogens is 283 g/mol. The maximum absolute atomic E-state index is 10.9. The molecule has 20 heavy (non-hydrogen) atoms. The molecule has 3 nitrogen and oxygen atoms in total. The van der Waals surface area contributed by atoms with E-state index in [1.54, 1.807) is 6.07 Å². The minimum atomic E-state index is -4.32. The van der Waals surface area contributed by atoms with Crippen LogP contribution in [0.25, 0.3) is 0 Å². The van der Waals surface area contributed by atoms with Gasteiger partial charge in [0.2, 0.25) is 0 Å². The Morgan fingerprint density at radius 2 is 1.60 bits per heavy atom. The molecule has 0 radical (unpaired) electrons. The van der Waals surface area contributed by atoms with E-state index in [-0.39, 0.29) is 34.5 Å². The monoisotopic (exact) mass is 306 g/mol. The number of unbranched alkanes of at least 4 members (excludes halogenated alkanes) is 6. The van der Waals surface area contributed by atoms with Crippen molar-refractivity contribution < 1.29 is 42.5 Å². The molecule has 1 rings (SSSR count). The molecule has 0 amide bonds. The first-order valence-corrected chi connectivity index (χ1v) is 8.49. The molecule has 0 aromatic heterocycles. The van der Waals surface area contributed by atoms with Gasteiger partial charge in [-0.2, -0.15) is 0 Å². The smallest absolute Gasteiger partial charge is 0.744 e. The Morgan fingerprint density at radius 1 is 1.00 bits per heavy atom. The molecule has 0 spiro atoms. The van der Waals surface area contributed by atoms with Gasteiger partial charge in [0.05, 0.1) is 4.90 Å². The van der Waals surface area contributed by atoms with Gasteiger partial charge in [0.25, 0.3) is 0 Å². The van der Waals surface area contributed by atoms with Crippen molar-refractivity contribution in [3.63, 3.8) is 0 Å². The molecule has 0 fully saturated rings. The van der Waals surface area contributed by atoms with Crippen molar-refractivity contribution in [2.24, 2.45) is 0 Å². The second-order valence-corrected chi connectivity index (χ2v) is 6.35. The Balaban J connectivity index is 0.00000361. The summed E-state index contributed by atoms with van der Waals surface area (Å²) in [5.74, 6) is 0. The third-order valence-electron chi connectivity index (χ3n) is 3.26. The van der Waals surface area contributed by atoms with E-state index < -0.39 is 10.1 Å². The van der Waals surface area contributed by atoms with E-state index in [1.165, 1.54) is 44.2 Å². The van der Waals surface area contributed by atoms with Crippen molar-refractivity contribution in [1.82, 2.24) is 0 Å². The predicted molar refractivity (Wildman–Crippen MR) is 76.1 cm³/mol. The van der Waals surface area contributed by atoms with Crippen LogP contribution in [0.5, 0.6) is 0 Å². The van der Waals surface area contributed by atoms with Gasteiger partial charge in [0.15, 0.2) is 0 Å². The van der Waals surface area contributed by atoms with Crippen LogP contribution in [0.4, 0.5) is 0 Å². The van der Waals surface area contributed by atoms with Crippen LogP contribution in [0.2, 0.25) is 0 Å². The van der Waals surface area contributed by atoms with Crippen LogP contribution < -0.4 is 29.6 Å². The number of aryl methyl sites for hydroxylation is 1. The second-order valence-electron chi connectivity index (χ2n) is 4.97. The van der Waals surface area contributed by atoms with Gasteiger partial charge in [-0.3, -0.25) is 0 Å². The van der Waals surface area contributed by atoms with Crippen LogP contribution in [-0.2, 0) is 16.5 Å². The minimum Gasteiger partial charge on any atom is -0.744 e. The van der Waals surface area contributed by atoms with Crippen molar-refractivity contribution in [2.45, 2.75) is 63.2 Å². The molecule has 0 saturated heterocycles. The quantitative estimate of drug-likeness (QED) is 0.387. The van der Waals surface area contributed by atoms with Crippen molar-refractivity contribution in [3.8, 4) is 0 Å². The summed E-state index contributed by atoms with van der Waals surface area (Å²) in [6.45, 7) is 2.21. The maximum Gasteiger partial charge on any atom is 1.00 e. The van der Waals surface area contributed by atoms with Crippen molar-refractivity contribution in [2.75, 3.05) is 0 Å². The molecule has 0 aliphatic rings. The van der Waals surface area contributed by atoms with Gasteiger partial charge in [0.1, 0.15) is 10.1 Å². The van der Waals surface area contributed by atoms with E-state index in [0.717, 1.165) is 24.8 Å². The Kier molecular flexibility index (Phi) is 10.9. The van der Waals surface area contributed by atoms with Gasteiger partial charge in [-0.1, -0.05) is 57.6 Å². The summed E-state index contributed by atoms with van der Waals surface area (Å²) in [7, 11) is -4.32. The molecule has 0 saturated carbocycles. The molecule has 5 heteroatoms. The number of hydrogen-bond donors (Lipinski definition) is 0. The summed E-state index contributed by atoms with van der Waals surface area (Å²) in [5, 5.41) is 0. The molecular formula is C15H23NaO3S. The summed E-state index contributed by atoms with van der Waals surface area (Å²) in [4.78, 5) is -0.118. The van der Waals surface area contributed by atoms with Crippen LogP contribution in [0, 0.1) is 0 Å². The van der Waals surface area contributed by atoms with Gasteiger partial charge >= 0.3 is 29.6 Å². The molecule has 0 heterocycles. The topological polar surface area (TPSA) is 57.2 Å². The number of benzene rings is 1. The summed E-state index contributed by atoms with van der Waals surface area (Å²) >= 11 is 0. The van der Waals surface area contributed by atoms with E-state index in [1.807, 2.05) is 6.07 Å². The zero-order valence-electron chi connectivity index (χ0n) is 12.6. The molecule has 0 unspecified atom stereocenters. The van der Waals surface area contributed by atoms with Gasteiger partial charge in [-0.05, 0) is 30.5 Å². The van der Waals surface area contributed by atoms with Gasteiger partial charge in [-0.25, -0.2) is 8.42 Å².